The van der Waals surface area contributed by atoms with Crippen molar-refractivity contribution in [2.45, 2.75) is 18.2 Å². The molecule has 1 N–H and O–H groups in total. The number of thiophene rings is 1. The largest absolute Gasteiger partial charge is 0.477 e. The standard InChI is InChI=1S/C13H20N2O4S2/c1-9-12(6-11(20-9)13(16)17)21(18,19)15(3)8-10-4-5-14(2)7-10/h6,10H,4-5,7-8H2,1-3H3,(H,16,17). The highest BCUT2D eigenvalue weighted by molar-refractivity contribution is 7.89. The van der Waals surface area contributed by atoms with Crippen LogP contribution >= 0.6 is 11.3 Å². The molecule has 0 aliphatic carbocycles. The Hall–Kier alpha value is -0.960. The van der Waals surface area contributed by atoms with Gasteiger partial charge < -0.3 is 10.0 Å². The minimum Gasteiger partial charge on any atom is -0.477 e. The highest BCUT2D eigenvalue weighted by Gasteiger charge is 2.29. The van der Waals surface area contributed by atoms with Crippen LogP contribution in [-0.4, -0.2) is 62.4 Å². The Morgan fingerprint density at radius 3 is 2.71 bits per heavy atom. The molecule has 1 aliphatic heterocycles. The summed E-state index contributed by atoms with van der Waals surface area (Å²) in [6.07, 6.45) is 0.985. The number of likely N-dealkylation sites (tertiary alicyclic amines) is 1. The first-order valence-electron chi connectivity index (χ1n) is 6.70. The van der Waals surface area contributed by atoms with Crippen molar-refractivity contribution in [3.8, 4) is 0 Å². The van der Waals surface area contributed by atoms with Gasteiger partial charge in [-0.3, -0.25) is 0 Å². The van der Waals surface area contributed by atoms with E-state index in [9.17, 15) is 13.2 Å². The predicted molar refractivity (Wildman–Crippen MR) is 81.4 cm³/mol. The number of aryl methyl sites for hydroxylation is 1. The molecule has 1 unspecified atom stereocenters. The molecule has 1 fully saturated rings. The van der Waals surface area contributed by atoms with Gasteiger partial charge in [0.2, 0.25) is 10.0 Å². The summed E-state index contributed by atoms with van der Waals surface area (Å²) >= 11 is 0.996. The fourth-order valence-electron chi connectivity index (χ4n) is 2.63. The van der Waals surface area contributed by atoms with Crippen LogP contribution < -0.4 is 0 Å². The van der Waals surface area contributed by atoms with E-state index in [0.29, 0.717) is 17.3 Å². The minimum atomic E-state index is -3.63. The summed E-state index contributed by atoms with van der Waals surface area (Å²) in [7, 11) is -0.0402. The molecule has 1 saturated heterocycles. The van der Waals surface area contributed by atoms with E-state index in [1.807, 2.05) is 7.05 Å². The van der Waals surface area contributed by atoms with Crippen LogP contribution in [0.1, 0.15) is 21.0 Å². The van der Waals surface area contributed by atoms with Gasteiger partial charge in [-0.25, -0.2) is 17.5 Å². The second-order valence-corrected chi connectivity index (χ2v) is 8.81. The molecule has 1 aromatic heterocycles. The molecule has 2 rings (SSSR count). The number of nitrogens with zero attached hydrogens (tertiary/aromatic N) is 2. The second kappa shape index (κ2) is 6.04. The van der Waals surface area contributed by atoms with E-state index < -0.39 is 16.0 Å². The Kier molecular flexibility index (Phi) is 4.72. The monoisotopic (exact) mass is 332 g/mol. The zero-order chi connectivity index (χ0) is 15.8. The van der Waals surface area contributed by atoms with Crippen molar-refractivity contribution >= 4 is 27.3 Å². The van der Waals surface area contributed by atoms with Crippen molar-refractivity contribution in [1.29, 1.82) is 0 Å². The average molecular weight is 332 g/mol. The number of rotatable bonds is 5. The first-order valence-corrected chi connectivity index (χ1v) is 8.96. The molecule has 1 aliphatic rings. The number of carboxylic acid groups (broad SMARTS) is 1. The highest BCUT2D eigenvalue weighted by atomic mass is 32.2. The molecule has 21 heavy (non-hydrogen) atoms. The molecular weight excluding hydrogens is 312 g/mol. The van der Waals surface area contributed by atoms with Crippen LogP contribution in [0.5, 0.6) is 0 Å². The maximum Gasteiger partial charge on any atom is 0.345 e. The summed E-state index contributed by atoms with van der Waals surface area (Å²) in [6, 6.07) is 1.26. The smallest absolute Gasteiger partial charge is 0.345 e. The van der Waals surface area contributed by atoms with Gasteiger partial charge >= 0.3 is 5.97 Å². The summed E-state index contributed by atoms with van der Waals surface area (Å²) in [4.78, 5) is 13.8. The van der Waals surface area contributed by atoms with E-state index in [2.05, 4.69) is 4.90 Å². The quantitative estimate of drug-likeness (QED) is 0.880. The van der Waals surface area contributed by atoms with Crippen LogP contribution in [0.2, 0.25) is 0 Å². The number of sulfonamides is 1. The SMILES string of the molecule is Cc1sc(C(=O)O)cc1S(=O)(=O)N(C)CC1CCN(C)C1. The molecule has 0 saturated carbocycles. The van der Waals surface area contributed by atoms with E-state index in [-0.39, 0.29) is 9.77 Å². The molecule has 0 aromatic carbocycles. The molecule has 0 spiro atoms. The molecule has 8 heteroatoms. The van der Waals surface area contributed by atoms with Gasteiger partial charge in [-0.2, -0.15) is 0 Å². The molecule has 0 amide bonds. The van der Waals surface area contributed by atoms with Crippen molar-refractivity contribution < 1.29 is 18.3 Å². The van der Waals surface area contributed by atoms with Crippen LogP contribution in [0, 0.1) is 12.8 Å². The molecule has 2 heterocycles. The van der Waals surface area contributed by atoms with Crippen LogP contribution in [-0.2, 0) is 10.0 Å². The lowest BCUT2D eigenvalue weighted by molar-refractivity contribution is 0.0702. The van der Waals surface area contributed by atoms with Crippen LogP contribution in [0.3, 0.4) is 0 Å². The number of aromatic carboxylic acids is 1. The van der Waals surface area contributed by atoms with Gasteiger partial charge in [0.05, 0.1) is 4.90 Å². The predicted octanol–water partition coefficient (Wildman–Crippen LogP) is 1.33. The molecule has 118 valence electrons. The van der Waals surface area contributed by atoms with Gasteiger partial charge in [0, 0.05) is 25.0 Å². The highest BCUT2D eigenvalue weighted by Crippen LogP contribution is 2.28. The summed E-state index contributed by atoms with van der Waals surface area (Å²) < 4.78 is 26.5. The van der Waals surface area contributed by atoms with E-state index in [1.165, 1.54) is 10.4 Å². The maximum absolute atomic E-state index is 12.6. The molecular formula is C13H20N2O4S2. The fourth-order valence-corrected chi connectivity index (χ4v) is 5.27. The Morgan fingerprint density at radius 1 is 1.57 bits per heavy atom. The van der Waals surface area contributed by atoms with Crippen molar-refractivity contribution in [3.63, 3.8) is 0 Å². The van der Waals surface area contributed by atoms with E-state index in [0.717, 1.165) is 30.8 Å². The third-order valence-corrected chi connectivity index (χ3v) is 6.89. The minimum absolute atomic E-state index is 0.0556. The first kappa shape index (κ1) is 16.4. The molecule has 1 aromatic rings. The van der Waals surface area contributed by atoms with Crippen molar-refractivity contribution in [3.05, 3.63) is 15.8 Å². The zero-order valence-corrected chi connectivity index (χ0v) is 14.0. The van der Waals surface area contributed by atoms with E-state index >= 15 is 0 Å². The van der Waals surface area contributed by atoms with Gasteiger partial charge in [0.15, 0.2) is 0 Å². The average Bonchev–Trinajstić information content (AvgIpc) is 2.96. The summed E-state index contributed by atoms with van der Waals surface area (Å²) in [5.74, 6) is -0.766. The number of carbonyl (C=O) groups is 1. The number of hydrogen-bond donors (Lipinski definition) is 1. The van der Waals surface area contributed by atoms with Crippen molar-refractivity contribution in [1.82, 2.24) is 9.21 Å². The third-order valence-electron chi connectivity index (χ3n) is 3.78. The van der Waals surface area contributed by atoms with Gasteiger partial charge in [-0.05, 0) is 38.9 Å². The van der Waals surface area contributed by atoms with E-state index in [1.54, 1.807) is 14.0 Å². The van der Waals surface area contributed by atoms with Crippen molar-refractivity contribution in [2.24, 2.45) is 5.92 Å². The molecule has 6 nitrogen and oxygen atoms in total. The lowest BCUT2D eigenvalue weighted by Gasteiger charge is -2.20. The maximum atomic E-state index is 12.6. The Morgan fingerprint density at radius 2 is 2.24 bits per heavy atom. The summed E-state index contributed by atoms with van der Waals surface area (Å²) in [6.45, 7) is 3.98. The summed E-state index contributed by atoms with van der Waals surface area (Å²) in [5, 5.41) is 8.98. The zero-order valence-electron chi connectivity index (χ0n) is 12.4. The van der Waals surface area contributed by atoms with E-state index in [4.69, 9.17) is 5.11 Å². The van der Waals surface area contributed by atoms with Crippen LogP contribution in [0.15, 0.2) is 11.0 Å². The lowest BCUT2D eigenvalue weighted by atomic mass is 10.1. The molecule has 1 atom stereocenters. The van der Waals surface area contributed by atoms with Crippen molar-refractivity contribution in [2.75, 3.05) is 33.7 Å². The van der Waals surface area contributed by atoms with Gasteiger partial charge in [-0.1, -0.05) is 0 Å². The Labute approximate surface area is 129 Å². The normalized spacial score (nSPS) is 20.3. The second-order valence-electron chi connectivity index (χ2n) is 5.54. The first-order chi connectivity index (χ1) is 9.71. The lowest BCUT2D eigenvalue weighted by Crippen LogP contribution is -2.33. The Bertz CT molecular complexity index is 639. The van der Waals surface area contributed by atoms with Gasteiger partial charge in [-0.15, -0.1) is 11.3 Å². The van der Waals surface area contributed by atoms with Gasteiger partial charge in [0.1, 0.15) is 4.88 Å². The fraction of sp³-hybridized carbons (Fsp3) is 0.615. The third kappa shape index (κ3) is 3.45. The number of hydrogen-bond acceptors (Lipinski definition) is 5. The summed E-state index contributed by atoms with van der Waals surface area (Å²) in [5.41, 5.74) is 0. The Balaban J connectivity index is 2.19. The topological polar surface area (TPSA) is 77.9 Å². The van der Waals surface area contributed by atoms with Gasteiger partial charge in [0.25, 0.3) is 0 Å². The van der Waals surface area contributed by atoms with Crippen LogP contribution in [0.4, 0.5) is 0 Å². The number of carboxylic acids is 1. The van der Waals surface area contributed by atoms with Crippen LogP contribution in [0.25, 0.3) is 0 Å². The molecule has 0 radical (unpaired) electrons. The molecule has 0 bridgehead atoms.